The molecule has 5 aliphatic carbocycles. The molecule has 1 saturated heterocycles. The molecule has 6 aliphatic rings. The molecule has 2 aromatic heterocycles. The van der Waals surface area contributed by atoms with Crippen molar-refractivity contribution in [3.63, 3.8) is 0 Å². The van der Waals surface area contributed by atoms with Crippen molar-refractivity contribution in [1.29, 1.82) is 0 Å². The van der Waals surface area contributed by atoms with Crippen molar-refractivity contribution in [2.75, 3.05) is 31.1 Å². The molecule has 2 amide bonds. The lowest BCUT2D eigenvalue weighted by molar-refractivity contribution is -0.0157. The Balaban J connectivity index is 0.958. The SMILES string of the molecule is O=C(NC12CC3CC(CC(C3)C1)C2)N1CCN(c2ccc(-c3noc(C4CC4)n3)cn2)CC1. The van der Waals surface area contributed by atoms with Gasteiger partial charge in [0.05, 0.1) is 0 Å². The molecule has 33 heavy (non-hydrogen) atoms. The highest BCUT2D eigenvalue weighted by atomic mass is 16.5. The second kappa shape index (κ2) is 7.43. The molecule has 8 rings (SSSR count). The summed E-state index contributed by atoms with van der Waals surface area (Å²) in [5.41, 5.74) is 0.956. The van der Waals surface area contributed by atoms with E-state index >= 15 is 0 Å². The van der Waals surface area contributed by atoms with Crippen LogP contribution >= 0.6 is 0 Å². The summed E-state index contributed by atoms with van der Waals surface area (Å²) in [6.45, 7) is 3.07. The van der Waals surface area contributed by atoms with Gasteiger partial charge in [0, 0.05) is 49.4 Å². The second-order valence-electron chi connectivity index (χ2n) is 11.2. The second-order valence-corrected chi connectivity index (χ2v) is 11.2. The smallest absolute Gasteiger partial charge is 0.317 e. The third kappa shape index (κ3) is 3.67. The summed E-state index contributed by atoms with van der Waals surface area (Å²) in [5.74, 6) is 5.28. The first-order valence-electron chi connectivity index (χ1n) is 12.7. The third-order valence-electron chi connectivity index (χ3n) is 8.68. The fraction of sp³-hybridized carbons (Fsp3) is 0.680. The largest absolute Gasteiger partial charge is 0.353 e. The zero-order chi connectivity index (χ0) is 22.0. The van der Waals surface area contributed by atoms with Gasteiger partial charge in [0.1, 0.15) is 5.82 Å². The van der Waals surface area contributed by atoms with Crippen molar-refractivity contribution in [3.8, 4) is 11.4 Å². The average Bonchev–Trinajstić information content (AvgIpc) is 3.55. The average molecular weight is 449 g/mol. The molecule has 8 nitrogen and oxygen atoms in total. The van der Waals surface area contributed by atoms with Crippen molar-refractivity contribution in [2.24, 2.45) is 17.8 Å². The van der Waals surface area contributed by atoms with Gasteiger partial charge in [-0.1, -0.05) is 5.16 Å². The standard InChI is InChI=1S/C25H32N6O2/c32-24(28-25-12-16-9-17(13-25)11-18(10-16)14-25)31-7-5-30(6-8-31)21-4-3-20(15-26-21)22-27-23(33-29-22)19-1-2-19/h3-4,15-19H,1-2,5-14H2,(H,28,32). The summed E-state index contributed by atoms with van der Waals surface area (Å²) < 4.78 is 5.37. The molecule has 4 bridgehead atoms. The van der Waals surface area contributed by atoms with Gasteiger partial charge in [0.2, 0.25) is 11.7 Å². The molecule has 6 fully saturated rings. The fourth-order valence-corrected chi connectivity index (χ4v) is 7.26. The maximum absolute atomic E-state index is 13.1. The highest BCUT2D eigenvalue weighted by Gasteiger charge is 2.51. The van der Waals surface area contributed by atoms with E-state index in [1.807, 2.05) is 23.2 Å². The van der Waals surface area contributed by atoms with E-state index in [1.54, 1.807) is 0 Å². The summed E-state index contributed by atoms with van der Waals surface area (Å²) >= 11 is 0. The van der Waals surface area contributed by atoms with Crippen molar-refractivity contribution >= 4 is 11.8 Å². The number of rotatable bonds is 4. The molecular weight excluding hydrogens is 416 g/mol. The molecule has 0 aromatic carbocycles. The number of carbonyl (C=O) groups excluding carboxylic acids is 1. The summed E-state index contributed by atoms with van der Waals surface area (Å²) in [7, 11) is 0. The third-order valence-corrected chi connectivity index (χ3v) is 8.68. The van der Waals surface area contributed by atoms with Gasteiger partial charge >= 0.3 is 6.03 Å². The van der Waals surface area contributed by atoms with Crippen LogP contribution in [0, 0.1) is 17.8 Å². The normalized spacial score (nSPS) is 32.9. The molecule has 8 heteroatoms. The van der Waals surface area contributed by atoms with Crippen LogP contribution in [0.5, 0.6) is 0 Å². The summed E-state index contributed by atoms with van der Waals surface area (Å²) in [4.78, 5) is 26.6. The predicted octanol–water partition coefficient (Wildman–Crippen LogP) is 3.81. The Kier molecular flexibility index (Phi) is 4.46. The van der Waals surface area contributed by atoms with Crippen LogP contribution in [0.3, 0.4) is 0 Å². The molecule has 0 radical (unpaired) electrons. The topological polar surface area (TPSA) is 87.4 Å². The molecule has 1 N–H and O–H groups in total. The lowest BCUT2D eigenvalue weighted by Crippen LogP contribution is -2.63. The highest BCUT2D eigenvalue weighted by Crippen LogP contribution is 2.55. The van der Waals surface area contributed by atoms with E-state index in [1.165, 1.54) is 38.5 Å². The molecule has 0 spiro atoms. The van der Waals surface area contributed by atoms with Crippen LogP contribution in [-0.2, 0) is 0 Å². The fourth-order valence-electron chi connectivity index (χ4n) is 7.26. The van der Waals surface area contributed by atoms with Crippen molar-refractivity contribution in [1.82, 2.24) is 25.3 Å². The molecule has 174 valence electrons. The van der Waals surface area contributed by atoms with Gasteiger partial charge < -0.3 is 19.6 Å². The lowest BCUT2D eigenvalue weighted by Gasteiger charge is -2.57. The van der Waals surface area contributed by atoms with Crippen LogP contribution in [0.15, 0.2) is 22.9 Å². The van der Waals surface area contributed by atoms with Crippen LogP contribution < -0.4 is 10.2 Å². The number of carbonyl (C=O) groups is 1. The molecular formula is C25H32N6O2. The van der Waals surface area contributed by atoms with E-state index in [2.05, 4.69) is 25.3 Å². The molecule has 0 unspecified atom stereocenters. The van der Waals surface area contributed by atoms with Crippen molar-refractivity contribution in [2.45, 2.75) is 62.8 Å². The maximum Gasteiger partial charge on any atom is 0.317 e. The van der Waals surface area contributed by atoms with Crippen LogP contribution in [-0.4, -0.2) is 57.8 Å². The Labute approximate surface area is 194 Å². The van der Waals surface area contributed by atoms with E-state index in [0.717, 1.165) is 74.0 Å². The Morgan fingerprint density at radius 1 is 1.00 bits per heavy atom. The maximum atomic E-state index is 13.1. The molecule has 0 atom stereocenters. The first-order valence-corrected chi connectivity index (χ1v) is 12.7. The van der Waals surface area contributed by atoms with Crippen LogP contribution in [0.1, 0.15) is 63.2 Å². The molecule has 1 aliphatic heterocycles. The monoisotopic (exact) mass is 448 g/mol. The van der Waals surface area contributed by atoms with E-state index in [9.17, 15) is 4.79 Å². The van der Waals surface area contributed by atoms with Crippen LogP contribution in [0.2, 0.25) is 0 Å². The Morgan fingerprint density at radius 3 is 2.30 bits per heavy atom. The van der Waals surface area contributed by atoms with Gasteiger partial charge in [-0.15, -0.1) is 0 Å². The minimum Gasteiger partial charge on any atom is -0.353 e. The first kappa shape index (κ1) is 19.8. The van der Waals surface area contributed by atoms with Gasteiger partial charge in [0.15, 0.2) is 0 Å². The Bertz CT molecular complexity index is 1000. The van der Waals surface area contributed by atoms with Gasteiger partial charge in [-0.25, -0.2) is 9.78 Å². The van der Waals surface area contributed by atoms with Crippen LogP contribution in [0.4, 0.5) is 10.6 Å². The highest BCUT2D eigenvalue weighted by molar-refractivity contribution is 5.75. The zero-order valence-corrected chi connectivity index (χ0v) is 19.1. The van der Waals surface area contributed by atoms with Gasteiger partial charge in [-0.3, -0.25) is 0 Å². The number of pyridine rings is 1. The predicted molar refractivity (Wildman–Crippen MR) is 123 cm³/mol. The van der Waals surface area contributed by atoms with E-state index < -0.39 is 0 Å². The van der Waals surface area contributed by atoms with E-state index in [4.69, 9.17) is 4.52 Å². The summed E-state index contributed by atoms with van der Waals surface area (Å²) in [6.07, 6.45) is 11.9. The molecule has 3 heterocycles. The van der Waals surface area contributed by atoms with E-state index in [-0.39, 0.29) is 11.6 Å². The first-order chi connectivity index (χ1) is 16.1. The number of aromatic nitrogens is 3. The molecule has 5 saturated carbocycles. The quantitative estimate of drug-likeness (QED) is 0.765. The number of urea groups is 1. The van der Waals surface area contributed by atoms with Gasteiger partial charge in [0.25, 0.3) is 0 Å². The Morgan fingerprint density at radius 2 is 1.70 bits per heavy atom. The minimum absolute atomic E-state index is 0.0783. The van der Waals surface area contributed by atoms with Crippen LogP contribution in [0.25, 0.3) is 11.4 Å². The number of amides is 2. The number of piperazine rings is 1. The lowest BCUT2D eigenvalue weighted by atomic mass is 9.53. The summed E-state index contributed by atoms with van der Waals surface area (Å²) in [5, 5.41) is 7.62. The number of nitrogens with one attached hydrogen (secondary N) is 1. The number of anilines is 1. The number of hydrogen-bond donors (Lipinski definition) is 1. The van der Waals surface area contributed by atoms with Crippen molar-refractivity contribution in [3.05, 3.63) is 24.2 Å². The zero-order valence-electron chi connectivity index (χ0n) is 19.1. The Hall–Kier alpha value is -2.64. The molecule has 2 aromatic rings. The minimum atomic E-state index is 0.0783. The number of hydrogen-bond acceptors (Lipinski definition) is 6. The summed E-state index contributed by atoms with van der Waals surface area (Å²) in [6, 6.07) is 4.17. The number of nitrogens with zero attached hydrogens (tertiary/aromatic N) is 5. The van der Waals surface area contributed by atoms with Gasteiger partial charge in [-0.2, -0.15) is 4.98 Å². The van der Waals surface area contributed by atoms with Crippen molar-refractivity contribution < 1.29 is 9.32 Å². The van der Waals surface area contributed by atoms with Gasteiger partial charge in [-0.05, 0) is 81.3 Å². The van der Waals surface area contributed by atoms with E-state index in [0.29, 0.717) is 11.7 Å².